The molecule has 1 aliphatic rings. The Morgan fingerprint density at radius 1 is 1.17 bits per heavy atom. The number of nitrogens with one attached hydrogen (secondary N) is 1. The molecule has 0 aromatic heterocycles. The average molecular weight is 334 g/mol. The van der Waals surface area contributed by atoms with Crippen molar-refractivity contribution in [1.29, 1.82) is 0 Å². The summed E-state index contributed by atoms with van der Waals surface area (Å²) in [6, 6.07) is 6.22. The number of benzene rings is 1. The van der Waals surface area contributed by atoms with Gasteiger partial charge in [0.1, 0.15) is 5.75 Å². The van der Waals surface area contributed by atoms with Crippen LogP contribution in [0.2, 0.25) is 0 Å². The molecule has 3 nitrogen and oxygen atoms in total. The second-order valence-electron chi connectivity index (χ2n) is 5.62. The SMILES string of the molecule is CCC[C@@H](c1ccc(OC(F)(F)C(F)F)cc1)N1CCNCC1. The number of nitrogens with zero attached hydrogens (tertiary/aromatic N) is 1. The van der Waals surface area contributed by atoms with Crippen molar-refractivity contribution in [3.63, 3.8) is 0 Å². The van der Waals surface area contributed by atoms with Gasteiger partial charge in [-0.05, 0) is 24.1 Å². The summed E-state index contributed by atoms with van der Waals surface area (Å²) in [5.41, 5.74) is 0.987. The van der Waals surface area contributed by atoms with Crippen molar-refractivity contribution in [1.82, 2.24) is 10.2 Å². The van der Waals surface area contributed by atoms with Gasteiger partial charge in [-0.1, -0.05) is 25.5 Å². The predicted molar refractivity (Wildman–Crippen MR) is 80.1 cm³/mol. The molecule has 1 aliphatic heterocycles. The van der Waals surface area contributed by atoms with Gasteiger partial charge in [-0.15, -0.1) is 0 Å². The molecule has 1 atom stereocenters. The minimum absolute atomic E-state index is 0.201. The first kappa shape index (κ1) is 18.0. The molecule has 1 fully saturated rings. The largest absolute Gasteiger partial charge is 0.461 e. The highest BCUT2D eigenvalue weighted by Gasteiger charge is 2.43. The van der Waals surface area contributed by atoms with E-state index < -0.39 is 12.5 Å². The van der Waals surface area contributed by atoms with E-state index in [0.29, 0.717) is 0 Å². The van der Waals surface area contributed by atoms with E-state index in [9.17, 15) is 17.6 Å². The van der Waals surface area contributed by atoms with Gasteiger partial charge in [-0.25, -0.2) is 0 Å². The molecule has 1 N–H and O–H groups in total. The van der Waals surface area contributed by atoms with Gasteiger partial charge in [0, 0.05) is 32.2 Å². The van der Waals surface area contributed by atoms with Gasteiger partial charge in [0.05, 0.1) is 0 Å². The van der Waals surface area contributed by atoms with Gasteiger partial charge in [0.15, 0.2) is 0 Å². The van der Waals surface area contributed by atoms with Crippen LogP contribution in [0.5, 0.6) is 5.75 Å². The van der Waals surface area contributed by atoms with Gasteiger partial charge in [-0.3, -0.25) is 4.90 Å². The molecule has 0 unspecified atom stereocenters. The zero-order valence-electron chi connectivity index (χ0n) is 13.1. The van der Waals surface area contributed by atoms with Crippen molar-refractivity contribution in [2.45, 2.75) is 38.3 Å². The van der Waals surface area contributed by atoms with Crippen molar-refractivity contribution < 1.29 is 22.3 Å². The molecule has 1 aromatic rings. The van der Waals surface area contributed by atoms with Crippen LogP contribution >= 0.6 is 0 Å². The Labute approximate surface area is 133 Å². The zero-order valence-corrected chi connectivity index (χ0v) is 13.1. The van der Waals surface area contributed by atoms with Gasteiger partial charge in [-0.2, -0.15) is 17.6 Å². The number of halogens is 4. The van der Waals surface area contributed by atoms with E-state index in [1.54, 1.807) is 12.1 Å². The van der Waals surface area contributed by atoms with Crippen molar-refractivity contribution >= 4 is 0 Å². The third-order valence-corrected chi connectivity index (χ3v) is 3.93. The summed E-state index contributed by atoms with van der Waals surface area (Å²) in [6.07, 6.45) is -6.37. The molecule has 1 aromatic carbocycles. The zero-order chi connectivity index (χ0) is 16.9. The number of hydrogen-bond acceptors (Lipinski definition) is 3. The maximum Gasteiger partial charge on any atom is 0.461 e. The highest BCUT2D eigenvalue weighted by Crippen LogP contribution is 2.31. The summed E-state index contributed by atoms with van der Waals surface area (Å²) < 4.78 is 54.3. The summed E-state index contributed by atoms with van der Waals surface area (Å²) in [5, 5.41) is 3.29. The summed E-state index contributed by atoms with van der Waals surface area (Å²) in [5.74, 6) is -0.255. The minimum atomic E-state index is -4.47. The third kappa shape index (κ3) is 4.81. The van der Waals surface area contributed by atoms with Crippen LogP contribution in [0, 0.1) is 0 Å². The molecule has 0 saturated carbocycles. The smallest absolute Gasteiger partial charge is 0.428 e. The Balaban J connectivity index is 2.09. The van der Waals surface area contributed by atoms with Crippen molar-refractivity contribution in [2.75, 3.05) is 26.2 Å². The first-order chi connectivity index (χ1) is 10.9. The van der Waals surface area contributed by atoms with E-state index in [4.69, 9.17) is 0 Å². The fourth-order valence-electron chi connectivity index (χ4n) is 2.79. The van der Waals surface area contributed by atoms with E-state index in [1.165, 1.54) is 12.1 Å². The van der Waals surface area contributed by atoms with Crippen LogP contribution in [0.15, 0.2) is 24.3 Å². The molecule has 0 amide bonds. The summed E-state index contributed by atoms with van der Waals surface area (Å²) in [7, 11) is 0. The number of alkyl halides is 4. The van der Waals surface area contributed by atoms with Crippen molar-refractivity contribution in [3.8, 4) is 5.75 Å². The minimum Gasteiger partial charge on any atom is -0.428 e. The Morgan fingerprint density at radius 2 is 1.78 bits per heavy atom. The molecule has 1 saturated heterocycles. The molecule has 1 heterocycles. The molecule has 0 spiro atoms. The first-order valence-electron chi connectivity index (χ1n) is 7.83. The van der Waals surface area contributed by atoms with Crippen LogP contribution in [0.25, 0.3) is 0 Å². The molecular weight excluding hydrogens is 312 g/mol. The maximum absolute atomic E-state index is 12.9. The van der Waals surface area contributed by atoms with E-state index in [-0.39, 0.29) is 11.8 Å². The fourth-order valence-corrected chi connectivity index (χ4v) is 2.79. The fraction of sp³-hybridized carbons (Fsp3) is 0.625. The lowest BCUT2D eigenvalue weighted by molar-refractivity contribution is -0.253. The van der Waals surface area contributed by atoms with Gasteiger partial charge in [0.25, 0.3) is 0 Å². The van der Waals surface area contributed by atoms with Crippen molar-refractivity contribution in [3.05, 3.63) is 29.8 Å². The average Bonchev–Trinajstić information content (AvgIpc) is 2.54. The molecule has 23 heavy (non-hydrogen) atoms. The number of hydrogen-bond donors (Lipinski definition) is 1. The van der Waals surface area contributed by atoms with Crippen LogP contribution in [-0.4, -0.2) is 43.6 Å². The molecule has 0 radical (unpaired) electrons. The number of piperazine rings is 1. The highest BCUT2D eigenvalue weighted by atomic mass is 19.3. The molecule has 7 heteroatoms. The monoisotopic (exact) mass is 334 g/mol. The summed E-state index contributed by atoms with van der Waals surface area (Å²) in [4.78, 5) is 2.35. The number of ether oxygens (including phenoxy) is 1. The van der Waals surface area contributed by atoms with Gasteiger partial charge in [0.2, 0.25) is 0 Å². The van der Waals surface area contributed by atoms with Crippen LogP contribution in [0.3, 0.4) is 0 Å². The topological polar surface area (TPSA) is 24.5 Å². The van der Waals surface area contributed by atoms with Crippen LogP contribution in [0.1, 0.15) is 31.4 Å². The lowest BCUT2D eigenvalue weighted by Gasteiger charge is -2.35. The third-order valence-electron chi connectivity index (χ3n) is 3.93. The van der Waals surface area contributed by atoms with E-state index >= 15 is 0 Å². The van der Waals surface area contributed by atoms with Gasteiger partial charge < -0.3 is 10.1 Å². The van der Waals surface area contributed by atoms with Crippen LogP contribution in [0.4, 0.5) is 17.6 Å². The second kappa shape index (κ2) is 7.97. The quantitative estimate of drug-likeness (QED) is 0.770. The van der Waals surface area contributed by atoms with E-state index in [0.717, 1.165) is 44.6 Å². The van der Waals surface area contributed by atoms with Crippen LogP contribution in [-0.2, 0) is 0 Å². The molecule has 130 valence electrons. The summed E-state index contributed by atoms with van der Waals surface area (Å²) >= 11 is 0. The number of rotatable bonds is 7. The highest BCUT2D eigenvalue weighted by molar-refractivity contribution is 5.29. The van der Waals surface area contributed by atoms with Crippen molar-refractivity contribution in [2.24, 2.45) is 0 Å². The predicted octanol–water partition coefficient (Wildman–Crippen LogP) is 3.67. The second-order valence-corrected chi connectivity index (χ2v) is 5.62. The molecule has 2 rings (SSSR count). The van der Waals surface area contributed by atoms with Crippen LogP contribution < -0.4 is 10.1 Å². The Hall–Kier alpha value is -1.34. The first-order valence-corrected chi connectivity index (χ1v) is 7.83. The molecule has 0 bridgehead atoms. The van der Waals surface area contributed by atoms with E-state index in [1.807, 2.05) is 0 Å². The Morgan fingerprint density at radius 3 is 2.30 bits per heavy atom. The standard InChI is InChI=1S/C16H22F4N2O/c1-2-3-14(22-10-8-21-9-11-22)12-4-6-13(7-5-12)23-16(19,20)15(17)18/h4-7,14-15,21H,2-3,8-11H2,1H3/t14-/m0/s1. The maximum atomic E-state index is 12.9. The molecule has 0 aliphatic carbocycles. The Kier molecular flexibility index (Phi) is 6.24. The van der Waals surface area contributed by atoms with E-state index in [2.05, 4.69) is 21.9 Å². The Bertz CT molecular complexity index is 475. The normalized spacial score (nSPS) is 18.2. The molecular formula is C16H22F4N2O. The summed E-state index contributed by atoms with van der Waals surface area (Å²) in [6.45, 7) is 5.78. The lowest BCUT2D eigenvalue weighted by Crippen LogP contribution is -2.45. The van der Waals surface area contributed by atoms with Gasteiger partial charge >= 0.3 is 12.5 Å². The lowest BCUT2D eigenvalue weighted by atomic mass is 10.00.